The average molecular weight is 378 g/mol. The minimum atomic E-state index is -0.0230. The smallest absolute Gasteiger partial charge is 0.254 e. The van der Waals surface area contributed by atoms with Gasteiger partial charge in [-0.05, 0) is 55.7 Å². The highest BCUT2D eigenvalue weighted by Gasteiger charge is 2.29. The number of aromatic nitrogens is 2. The Balaban J connectivity index is 1.41. The molecule has 2 aliphatic heterocycles. The van der Waals surface area contributed by atoms with Crippen LogP contribution >= 0.6 is 0 Å². The van der Waals surface area contributed by atoms with Gasteiger partial charge in [0.25, 0.3) is 11.5 Å². The molecule has 2 N–H and O–H groups in total. The van der Waals surface area contributed by atoms with Gasteiger partial charge in [0.05, 0.1) is 12.2 Å². The Morgan fingerprint density at radius 1 is 1.21 bits per heavy atom. The lowest BCUT2D eigenvalue weighted by Gasteiger charge is -2.29. The van der Waals surface area contributed by atoms with E-state index in [1.807, 2.05) is 23.1 Å². The number of rotatable bonds is 4. The van der Waals surface area contributed by atoms with Crippen LogP contribution in [0.4, 0.5) is 0 Å². The van der Waals surface area contributed by atoms with E-state index in [0.717, 1.165) is 54.1 Å². The normalized spacial score (nSPS) is 21.6. The number of H-pyrrole nitrogens is 1. The van der Waals surface area contributed by atoms with Crippen LogP contribution in [-0.4, -0.2) is 40.4 Å². The summed E-state index contributed by atoms with van der Waals surface area (Å²) in [6.07, 6.45) is 4.92. The molecule has 1 aromatic heterocycles. The minimum Gasteiger partial charge on any atom is -0.332 e. The first-order chi connectivity index (χ1) is 13.7. The molecule has 1 aromatic carbocycles. The molecule has 6 nitrogen and oxygen atoms in total. The molecule has 0 bridgehead atoms. The second-order valence-electron chi connectivity index (χ2n) is 8.34. The molecule has 1 saturated heterocycles. The number of fused-ring (bicyclic) bond motifs is 1. The van der Waals surface area contributed by atoms with Crippen LogP contribution in [0.5, 0.6) is 0 Å². The topological polar surface area (TPSA) is 78.1 Å². The first kappa shape index (κ1) is 17.6. The molecule has 1 aliphatic carbocycles. The maximum atomic E-state index is 13.3. The molecule has 0 spiro atoms. The third-order valence-electron chi connectivity index (χ3n) is 6.28. The number of carbonyl (C=O) groups excluding carboxylic acids is 1. The summed E-state index contributed by atoms with van der Waals surface area (Å²) in [6.45, 7) is 2.91. The Morgan fingerprint density at radius 3 is 2.86 bits per heavy atom. The van der Waals surface area contributed by atoms with Crippen LogP contribution in [0, 0.1) is 5.92 Å². The van der Waals surface area contributed by atoms with Crippen LogP contribution in [0.2, 0.25) is 0 Å². The largest absolute Gasteiger partial charge is 0.332 e. The molecular formula is C22H26N4O2. The van der Waals surface area contributed by atoms with E-state index in [2.05, 4.69) is 16.4 Å². The Hall–Kier alpha value is -2.47. The van der Waals surface area contributed by atoms with Gasteiger partial charge in [-0.1, -0.05) is 18.2 Å². The molecule has 6 heteroatoms. The zero-order valence-electron chi connectivity index (χ0n) is 16.0. The third kappa shape index (κ3) is 3.37. The van der Waals surface area contributed by atoms with Gasteiger partial charge >= 0.3 is 0 Å². The van der Waals surface area contributed by atoms with Crippen molar-refractivity contribution in [3.8, 4) is 0 Å². The van der Waals surface area contributed by atoms with Crippen molar-refractivity contribution in [2.24, 2.45) is 5.92 Å². The predicted molar refractivity (Wildman–Crippen MR) is 106 cm³/mol. The van der Waals surface area contributed by atoms with Crippen LogP contribution in [0.25, 0.3) is 0 Å². The van der Waals surface area contributed by atoms with Crippen molar-refractivity contribution in [3.63, 3.8) is 0 Å². The van der Waals surface area contributed by atoms with Crippen molar-refractivity contribution >= 4 is 5.91 Å². The summed E-state index contributed by atoms with van der Waals surface area (Å²) in [7, 11) is 0. The summed E-state index contributed by atoms with van der Waals surface area (Å²) in [4.78, 5) is 35.3. The lowest BCUT2D eigenvalue weighted by molar-refractivity contribution is 0.0729. The molecule has 1 amide bonds. The zero-order chi connectivity index (χ0) is 19.1. The fourth-order valence-electron chi connectivity index (χ4n) is 4.49. The highest BCUT2D eigenvalue weighted by atomic mass is 16.2. The molecule has 2 fully saturated rings. The third-order valence-corrected chi connectivity index (χ3v) is 6.28. The Morgan fingerprint density at radius 2 is 2.07 bits per heavy atom. The van der Waals surface area contributed by atoms with Crippen molar-refractivity contribution in [1.82, 2.24) is 20.2 Å². The summed E-state index contributed by atoms with van der Waals surface area (Å²) >= 11 is 0. The lowest BCUT2D eigenvalue weighted by atomic mass is 9.92. The highest BCUT2D eigenvalue weighted by Crippen LogP contribution is 2.32. The zero-order valence-corrected chi connectivity index (χ0v) is 16.0. The van der Waals surface area contributed by atoms with Gasteiger partial charge in [-0.2, -0.15) is 0 Å². The molecule has 2 aromatic rings. The Bertz CT molecular complexity index is 957. The molecule has 1 atom stereocenters. The second-order valence-corrected chi connectivity index (χ2v) is 8.34. The van der Waals surface area contributed by atoms with Gasteiger partial charge in [0.2, 0.25) is 0 Å². The monoisotopic (exact) mass is 378 g/mol. The Kier molecular flexibility index (Phi) is 4.51. The molecule has 3 aliphatic rings. The van der Waals surface area contributed by atoms with E-state index in [1.54, 1.807) is 0 Å². The van der Waals surface area contributed by atoms with Crippen molar-refractivity contribution in [3.05, 3.63) is 62.8 Å². The van der Waals surface area contributed by atoms with Gasteiger partial charge in [-0.25, -0.2) is 4.98 Å². The standard InChI is InChI=1S/C22H26N4O2/c27-21-18-8-10-26(13-19(18)24-20(25-21)11-14-5-6-14)22(28)17-4-2-1-3-16(17)15-7-9-23-12-15/h1-4,14-15,23H,5-13H2,(H,24,25,27)/t15-/m0/s1. The minimum absolute atomic E-state index is 0.0230. The highest BCUT2D eigenvalue weighted by molar-refractivity contribution is 5.96. The maximum absolute atomic E-state index is 13.3. The van der Waals surface area contributed by atoms with Crippen LogP contribution in [0.1, 0.15) is 58.2 Å². The number of benzene rings is 1. The van der Waals surface area contributed by atoms with E-state index in [4.69, 9.17) is 4.98 Å². The molecular weight excluding hydrogens is 352 g/mol. The SMILES string of the molecule is O=C(c1ccccc1[C@H]1CCNC1)N1CCc2c(nc(CC3CC3)[nH]c2=O)C1. The van der Waals surface area contributed by atoms with Gasteiger partial charge in [-0.3, -0.25) is 9.59 Å². The van der Waals surface area contributed by atoms with E-state index >= 15 is 0 Å². The van der Waals surface area contributed by atoms with Crippen LogP contribution < -0.4 is 10.9 Å². The van der Waals surface area contributed by atoms with E-state index in [1.165, 1.54) is 12.8 Å². The molecule has 0 radical (unpaired) electrons. The van der Waals surface area contributed by atoms with Crippen molar-refractivity contribution in [2.45, 2.75) is 44.6 Å². The fraction of sp³-hybridized carbons (Fsp3) is 0.500. The first-order valence-electron chi connectivity index (χ1n) is 10.4. The Labute approximate surface area is 164 Å². The summed E-state index contributed by atoms with van der Waals surface area (Å²) in [5, 5.41) is 3.39. The van der Waals surface area contributed by atoms with Gasteiger partial charge in [0, 0.05) is 30.6 Å². The van der Waals surface area contributed by atoms with Crippen molar-refractivity contribution in [1.29, 1.82) is 0 Å². The molecule has 0 unspecified atom stereocenters. The van der Waals surface area contributed by atoms with Crippen LogP contribution in [-0.2, 0) is 19.4 Å². The summed E-state index contributed by atoms with van der Waals surface area (Å²) in [5.41, 5.74) is 3.43. The van der Waals surface area contributed by atoms with Crippen LogP contribution in [0.15, 0.2) is 29.1 Å². The number of hydrogen-bond donors (Lipinski definition) is 2. The van der Waals surface area contributed by atoms with E-state index < -0.39 is 0 Å². The quantitative estimate of drug-likeness (QED) is 0.853. The van der Waals surface area contributed by atoms with E-state index in [9.17, 15) is 9.59 Å². The summed E-state index contributed by atoms with van der Waals surface area (Å²) in [6, 6.07) is 7.98. The average Bonchev–Trinajstić information content (AvgIpc) is 3.35. The van der Waals surface area contributed by atoms with Crippen LogP contribution in [0.3, 0.4) is 0 Å². The number of amides is 1. The maximum Gasteiger partial charge on any atom is 0.254 e. The molecule has 146 valence electrons. The van der Waals surface area contributed by atoms with Gasteiger partial charge in [-0.15, -0.1) is 0 Å². The van der Waals surface area contributed by atoms with E-state index in [0.29, 0.717) is 31.3 Å². The van der Waals surface area contributed by atoms with Crippen molar-refractivity contribution in [2.75, 3.05) is 19.6 Å². The number of nitrogens with one attached hydrogen (secondary N) is 2. The first-order valence-corrected chi connectivity index (χ1v) is 10.4. The van der Waals surface area contributed by atoms with Crippen molar-refractivity contribution < 1.29 is 4.79 Å². The molecule has 5 rings (SSSR count). The predicted octanol–water partition coefficient (Wildman–Crippen LogP) is 2.00. The lowest BCUT2D eigenvalue weighted by Crippen LogP contribution is -2.40. The molecule has 1 saturated carbocycles. The molecule has 3 heterocycles. The second kappa shape index (κ2) is 7.17. The van der Waals surface area contributed by atoms with Gasteiger partial charge in [0.1, 0.15) is 5.82 Å². The van der Waals surface area contributed by atoms with Gasteiger partial charge < -0.3 is 15.2 Å². The summed E-state index contributed by atoms with van der Waals surface area (Å²) < 4.78 is 0. The number of aromatic amines is 1. The van der Waals surface area contributed by atoms with Gasteiger partial charge in [0.15, 0.2) is 0 Å². The number of carbonyl (C=O) groups is 1. The molecule has 28 heavy (non-hydrogen) atoms. The fourth-order valence-corrected chi connectivity index (χ4v) is 4.49. The number of nitrogens with zero attached hydrogens (tertiary/aromatic N) is 2. The van der Waals surface area contributed by atoms with E-state index in [-0.39, 0.29) is 11.5 Å². The summed E-state index contributed by atoms with van der Waals surface area (Å²) in [5.74, 6) is 1.88. The number of hydrogen-bond acceptors (Lipinski definition) is 4.